The van der Waals surface area contributed by atoms with E-state index < -0.39 is 0 Å². The van der Waals surface area contributed by atoms with Crippen LogP contribution in [-0.4, -0.2) is 46.9 Å². The largest absolute Gasteiger partial charge is 0.357 e. The van der Waals surface area contributed by atoms with Crippen molar-refractivity contribution in [2.75, 3.05) is 25.0 Å². The molecule has 2 aromatic heterocycles. The third kappa shape index (κ3) is 4.82. The van der Waals surface area contributed by atoms with Crippen LogP contribution in [0.5, 0.6) is 0 Å². The molecule has 0 amide bonds. The van der Waals surface area contributed by atoms with Crippen LogP contribution in [0.1, 0.15) is 42.3 Å². The van der Waals surface area contributed by atoms with Crippen molar-refractivity contribution in [3.8, 4) is 0 Å². The summed E-state index contributed by atoms with van der Waals surface area (Å²) in [5.41, 5.74) is 4.77. The molecule has 0 radical (unpaired) electrons. The number of aromatic nitrogens is 3. The number of guanidine groups is 1. The fraction of sp³-hybridized carbons (Fsp3) is 0.571. The maximum Gasteiger partial charge on any atom is 0.191 e. The molecule has 2 aromatic rings. The number of nitrogens with one attached hydrogen (secondary N) is 2. The molecule has 0 aliphatic carbocycles. The Morgan fingerprint density at radius 2 is 2.00 bits per heavy atom. The van der Waals surface area contributed by atoms with E-state index in [-0.39, 0.29) is 6.04 Å². The number of pyridine rings is 1. The summed E-state index contributed by atoms with van der Waals surface area (Å²) in [7, 11) is 3.80. The van der Waals surface area contributed by atoms with Gasteiger partial charge in [-0.3, -0.25) is 9.67 Å². The Hall–Kier alpha value is -2.57. The molecule has 7 nitrogen and oxygen atoms in total. The van der Waals surface area contributed by atoms with E-state index in [1.165, 1.54) is 24.1 Å². The molecule has 1 aliphatic rings. The van der Waals surface area contributed by atoms with Crippen LogP contribution in [0, 0.1) is 13.8 Å². The van der Waals surface area contributed by atoms with Crippen LogP contribution in [0.3, 0.4) is 0 Å². The lowest BCUT2D eigenvalue weighted by Gasteiger charge is -2.19. The smallest absolute Gasteiger partial charge is 0.191 e. The molecule has 1 fully saturated rings. The summed E-state index contributed by atoms with van der Waals surface area (Å²) in [5, 5.41) is 11.4. The molecule has 1 atom stereocenters. The van der Waals surface area contributed by atoms with Gasteiger partial charge in [-0.1, -0.05) is 6.07 Å². The van der Waals surface area contributed by atoms with Gasteiger partial charge in [-0.25, -0.2) is 4.98 Å². The van der Waals surface area contributed by atoms with Crippen LogP contribution < -0.4 is 15.5 Å². The van der Waals surface area contributed by atoms with Gasteiger partial charge in [-0.2, -0.15) is 5.10 Å². The van der Waals surface area contributed by atoms with Crippen molar-refractivity contribution in [1.82, 2.24) is 25.4 Å². The van der Waals surface area contributed by atoms with Crippen molar-refractivity contribution in [1.29, 1.82) is 0 Å². The average molecular weight is 384 g/mol. The molecule has 0 spiro atoms. The van der Waals surface area contributed by atoms with Crippen molar-refractivity contribution < 1.29 is 0 Å². The highest BCUT2D eigenvalue weighted by molar-refractivity contribution is 5.79. The number of aliphatic imine (C=N–C) groups is 1. The number of hydrogen-bond acceptors (Lipinski definition) is 4. The lowest BCUT2D eigenvalue weighted by atomic mass is 10.1. The Kier molecular flexibility index (Phi) is 6.54. The fourth-order valence-corrected chi connectivity index (χ4v) is 3.74. The third-order valence-electron chi connectivity index (χ3n) is 5.48. The first kappa shape index (κ1) is 20.2. The lowest BCUT2D eigenvalue weighted by molar-refractivity contribution is 0.635. The van der Waals surface area contributed by atoms with Crippen LogP contribution in [0.2, 0.25) is 0 Å². The second kappa shape index (κ2) is 9.08. The molecular formula is C21H33N7. The first-order valence-electron chi connectivity index (χ1n) is 10.1. The van der Waals surface area contributed by atoms with Gasteiger partial charge in [0.2, 0.25) is 0 Å². The highest BCUT2D eigenvalue weighted by atomic mass is 15.3. The lowest BCUT2D eigenvalue weighted by Crippen LogP contribution is -2.42. The number of rotatable bonds is 6. The van der Waals surface area contributed by atoms with E-state index in [1.807, 2.05) is 17.9 Å². The van der Waals surface area contributed by atoms with Gasteiger partial charge in [0.1, 0.15) is 5.82 Å². The van der Waals surface area contributed by atoms with Gasteiger partial charge in [-0.15, -0.1) is 0 Å². The average Bonchev–Trinajstić information content (AvgIpc) is 3.30. The standard InChI is InChI=1S/C21H33N7/c1-15(12-19-16(2)26-27(5)17(19)3)25-21(22-4)24-14-18-8-9-20(23-13-18)28-10-6-7-11-28/h8-9,13,15H,6-7,10-12,14H2,1-5H3,(H2,22,24,25). The minimum absolute atomic E-state index is 0.253. The Morgan fingerprint density at radius 3 is 2.57 bits per heavy atom. The number of hydrogen-bond donors (Lipinski definition) is 2. The van der Waals surface area contributed by atoms with Crippen molar-refractivity contribution in [3.63, 3.8) is 0 Å². The first-order chi connectivity index (χ1) is 13.5. The van der Waals surface area contributed by atoms with Crippen LogP contribution in [-0.2, 0) is 20.0 Å². The van der Waals surface area contributed by atoms with Crippen molar-refractivity contribution >= 4 is 11.8 Å². The van der Waals surface area contributed by atoms with Crippen molar-refractivity contribution in [2.24, 2.45) is 12.0 Å². The zero-order chi connectivity index (χ0) is 20.1. The van der Waals surface area contributed by atoms with Crippen LogP contribution in [0.25, 0.3) is 0 Å². The highest BCUT2D eigenvalue weighted by Gasteiger charge is 2.15. The quantitative estimate of drug-likeness (QED) is 0.592. The summed E-state index contributed by atoms with van der Waals surface area (Å²) in [6.07, 6.45) is 5.41. The van der Waals surface area contributed by atoms with Crippen LogP contribution in [0.15, 0.2) is 23.3 Å². The molecule has 0 bridgehead atoms. The highest BCUT2D eigenvalue weighted by Crippen LogP contribution is 2.17. The molecule has 0 saturated carbocycles. The first-order valence-corrected chi connectivity index (χ1v) is 10.1. The van der Waals surface area contributed by atoms with Crippen LogP contribution in [0.4, 0.5) is 5.82 Å². The third-order valence-corrected chi connectivity index (χ3v) is 5.48. The molecule has 28 heavy (non-hydrogen) atoms. The fourth-order valence-electron chi connectivity index (χ4n) is 3.74. The molecule has 1 saturated heterocycles. The van der Waals surface area contributed by atoms with Gasteiger partial charge >= 0.3 is 0 Å². The second-order valence-electron chi connectivity index (χ2n) is 7.67. The molecule has 1 unspecified atom stereocenters. The van der Waals surface area contributed by atoms with Gasteiger partial charge in [0.25, 0.3) is 0 Å². The predicted molar refractivity (Wildman–Crippen MR) is 115 cm³/mol. The van der Waals surface area contributed by atoms with Gasteiger partial charge in [0.15, 0.2) is 5.96 Å². The molecule has 2 N–H and O–H groups in total. The van der Waals surface area contributed by atoms with Gasteiger partial charge in [-0.05, 0) is 57.2 Å². The van der Waals surface area contributed by atoms with Gasteiger partial charge in [0.05, 0.1) is 5.69 Å². The Balaban J connectivity index is 1.51. The maximum atomic E-state index is 4.62. The predicted octanol–water partition coefficient (Wildman–Crippen LogP) is 2.33. The molecule has 7 heteroatoms. The van der Waals surface area contributed by atoms with Crippen LogP contribution >= 0.6 is 0 Å². The number of aryl methyl sites for hydroxylation is 2. The van der Waals surface area contributed by atoms with E-state index in [0.29, 0.717) is 6.54 Å². The monoisotopic (exact) mass is 383 g/mol. The molecule has 3 heterocycles. The van der Waals surface area contributed by atoms with E-state index in [4.69, 9.17) is 0 Å². The Labute approximate surface area is 168 Å². The zero-order valence-corrected chi connectivity index (χ0v) is 17.8. The van der Waals surface area contributed by atoms with Crippen molar-refractivity contribution in [3.05, 3.63) is 40.8 Å². The SMILES string of the molecule is CN=C(NCc1ccc(N2CCCC2)nc1)NC(C)Cc1c(C)nn(C)c1C. The van der Waals surface area contributed by atoms with E-state index in [9.17, 15) is 0 Å². The van der Waals surface area contributed by atoms with E-state index in [0.717, 1.165) is 42.5 Å². The minimum Gasteiger partial charge on any atom is -0.357 e. The zero-order valence-electron chi connectivity index (χ0n) is 17.8. The topological polar surface area (TPSA) is 70.4 Å². The number of nitrogens with zero attached hydrogens (tertiary/aromatic N) is 5. The van der Waals surface area contributed by atoms with Gasteiger partial charge < -0.3 is 15.5 Å². The summed E-state index contributed by atoms with van der Waals surface area (Å²) < 4.78 is 1.95. The summed E-state index contributed by atoms with van der Waals surface area (Å²) in [6, 6.07) is 4.52. The van der Waals surface area contributed by atoms with Crippen molar-refractivity contribution in [2.45, 2.75) is 52.6 Å². The summed E-state index contributed by atoms with van der Waals surface area (Å²) in [6.45, 7) is 9.30. The summed E-state index contributed by atoms with van der Waals surface area (Å²) >= 11 is 0. The normalized spacial score (nSPS) is 15.8. The second-order valence-corrected chi connectivity index (χ2v) is 7.67. The van der Waals surface area contributed by atoms with E-state index in [1.54, 1.807) is 7.05 Å². The maximum absolute atomic E-state index is 4.62. The molecule has 3 rings (SSSR count). The molecular weight excluding hydrogens is 350 g/mol. The minimum atomic E-state index is 0.253. The molecule has 152 valence electrons. The number of anilines is 1. The summed E-state index contributed by atoms with van der Waals surface area (Å²) in [5.74, 6) is 1.88. The van der Waals surface area contributed by atoms with E-state index >= 15 is 0 Å². The summed E-state index contributed by atoms with van der Waals surface area (Å²) in [4.78, 5) is 11.3. The molecule has 1 aliphatic heterocycles. The van der Waals surface area contributed by atoms with E-state index in [2.05, 4.69) is 63.5 Å². The Morgan fingerprint density at radius 1 is 1.25 bits per heavy atom. The van der Waals surface area contributed by atoms with Gasteiger partial charge in [0, 0.05) is 51.7 Å². The molecule has 0 aromatic carbocycles. The Bertz CT molecular complexity index is 801.